The summed E-state index contributed by atoms with van der Waals surface area (Å²) < 4.78 is 34.9. The lowest BCUT2D eigenvalue weighted by atomic mass is 9.73. The third kappa shape index (κ3) is 4.32. The van der Waals surface area contributed by atoms with Crippen LogP contribution >= 0.6 is 11.3 Å². The van der Waals surface area contributed by atoms with E-state index in [1.807, 2.05) is 12.1 Å². The molecule has 1 atom stereocenters. The van der Waals surface area contributed by atoms with E-state index in [1.54, 1.807) is 41.9 Å². The van der Waals surface area contributed by atoms with Gasteiger partial charge in [-0.25, -0.2) is 23.1 Å². The highest BCUT2D eigenvalue weighted by Gasteiger charge is 2.39. The van der Waals surface area contributed by atoms with Crippen LogP contribution in [0.3, 0.4) is 0 Å². The number of nitrogens with one attached hydrogen (secondary N) is 1. The van der Waals surface area contributed by atoms with Gasteiger partial charge in [-0.2, -0.15) is 0 Å². The maximum atomic E-state index is 12.4. The number of sulfonamides is 1. The zero-order chi connectivity index (χ0) is 21.3. The highest BCUT2D eigenvalue weighted by molar-refractivity contribution is 7.89. The van der Waals surface area contributed by atoms with Gasteiger partial charge < -0.3 is 9.64 Å². The third-order valence-corrected chi connectivity index (χ3v) is 8.86. The van der Waals surface area contributed by atoms with E-state index >= 15 is 0 Å². The molecule has 5 rings (SSSR count). The van der Waals surface area contributed by atoms with Crippen LogP contribution in [-0.4, -0.2) is 50.7 Å². The topological polar surface area (TPSA) is 84.4 Å². The first kappa shape index (κ1) is 20.8. The molecule has 0 radical (unpaired) electrons. The van der Waals surface area contributed by atoms with E-state index < -0.39 is 10.0 Å². The first-order valence-corrected chi connectivity index (χ1v) is 13.0. The first-order valence-electron chi connectivity index (χ1n) is 10.6. The quantitative estimate of drug-likeness (QED) is 0.631. The fourth-order valence-corrected chi connectivity index (χ4v) is 6.50. The average Bonchev–Trinajstić information content (AvgIpc) is 3.29. The van der Waals surface area contributed by atoms with Gasteiger partial charge in [-0.15, -0.1) is 11.3 Å². The Balaban J connectivity index is 1.15. The minimum Gasteiger partial charge on any atom is -0.376 e. The molecule has 0 aliphatic carbocycles. The van der Waals surface area contributed by atoms with Crippen LogP contribution in [0.5, 0.6) is 0 Å². The molecule has 2 saturated heterocycles. The number of hydrogen-bond acceptors (Lipinski definition) is 7. The summed E-state index contributed by atoms with van der Waals surface area (Å²) in [6, 6.07) is 10.5. The fraction of sp³-hybridized carbons (Fsp3) is 0.455. The Labute approximate surface area is 186 Å². The molecule has 1 N–H and O–H groups in total. The van der Waals surface area contributed by atoms with Crippen LogP contribution in [0.4, 0.5) is 5.82 Å². The summed E-state index contributed by atoms with van der Waals surface area (Å²) in [5, 5.41) is 2.06. The molecule has 1 unspecified atom stereocenters. The number of aromatic nitrogens is 2. The van der Waals surface area contributed by atoms with E-state index in [-0.39, 0.29) is 11.5 Å². The van der Waals surface area contributed by atoms with E-state index in [9.17, 15) is 8.42 Å². The highest BCUT2D eigenvalue weighted by atomic mass is 32.2. The van der Waals surface area contributed by atoms with Crippen LogP contribution in [0.1, 0.15) is 25.7 Å². The Morgan fingerprint density at radius 1 is 1.13 bits per heavy atom. The summed E-state index contributed by atoms with van der Waals surface area (Å²) in [5.74, 6) is 1.04. The van der Waals surface area contributed by atoms with E-state index in [4.69, 9.17) is 4.74 Å². The maximum Gasteiger partial charge on any atom is 0.240 e. The summed E-state index contributed by atoms with van der Waals surface area (Å²) in [6.45, 7) is 2.92. The number of rotatable bonds is 5. The van der Waals surface area contributed by atoms with E-state index in [1.165, 1.54) is 0 Å². The second-order valence-corrected chi connectivity index (χ2v) is 11.1. The smallest absolute Gasteiger partial charge is 0.240 e. The molecule has 7 nitrogen and oxygen atoms in total. The number of ether oxygens (including phenoxy) is 1. The van der Waals surface area contributed by atoms with Crippen molar-refractivity contribution in [1.29, 1.82) is 0 Å². The van der Waals surface area contributed by atoms with Crippen LogP contribution < -0.4 is 9.62 Å². The summed E-state index contributed by atoms with van der Waals surface area (Å²) in [7, 11) is -3.49. The molecular formula is C22H26N4O3S2. The average molecular weight is 459 g/mol. The lowest BCUT2D eigenvalue weighted by molar-refractivity contribution is -0.0690. The van der Waals surface area contributed by atoms with Crippen molar-refractivity contribution in [2.24, 2.45) is 5.41 Å². The molecule has 4 heterocycles. The van der Waals surface area contributed by atoms with E-state index in [0.717, 1.165) is 54.8 Å². The van der Waals surface area contributed by atoms with E-state index in [0.29, 0.717) is 18.0 Å². The first-order chi connectivity index (χ1) is 15.0. The zero-order valence-corrected chi connectivity index (χ0v) is 18.9. The van der Waals surface area contributed by atoms with Crippen molar-refractivity contribution in [2.75, 3.05) is 31.1 Å². The Morgan fingerprint density at radius 2 is 1.94 bits per heavy atom. The van der Waals surface area contributed by atoms with Crippen molar-refractivity contribution in [3.05, 3.63) is 48.1 Å². The summed E-state index contributed by atoms with van der Waals surface area (Å²) in [5.41, 5.74) is 1.20. The standard InChI is InChI=1S/C22H26N4O3S2/c27-31(28,18-4-2-1-3-5-18)25-14-17-6-8-22(15-29-17)9-11-26(12-10-22)21-20-19(7-13-30-20)23-16-24-21/h1-5,7,13,16-17,25H,6,8-12,14-15H2. The number of thiophene rings is 1. The molecule has 1 spiro atoms. The lowest BCUT2D eigenvalue weighted by Gasteiger charge is -2.46. The van der Waals surface area contributed by atoms with E-state index in [2.05, 4.69) is 25.0 Å². The molecule has 3 aromatic rings. The van der Waals surface area contributed by atoms with Crippen molar-refractivity contribution in [3.63, 3.8) is 0 Å². The predicted octanol–water partition coefficient (Wildman–Crippen LogP) is 3.44. The summed E-state index contributed by atoms with van der Waals surface area (Å²) >= 11 is 1.69. The minimum absolute atomic E-state index is 0.0743. The maximum absolute atomic E-state index is 12.4. The molecule has 0 saturated carbocycles. The van der Waals surface area contributed by atoms with Gasteiger partial charge in [-0.1, -0.05) is 18.2 Å². The second kappa shape index (κ2) is 8.46. The molecule has 1 aromatic carbocycles. The van der Waals surface area contributed by atoms with Gasteiger partial charge >= 0.3 is 0 Å². The summed E-state index contributed by atoms with van der Waals surface area (Å²) in [6.07, 6.45) is 5.64. The highest BCUT2D eigenvalue weighted by Crippen LogP contribution is 2.42. The van der Waals surface area contributed by atoms with Gasteiger partial charge in [0.15, 0.2) is 0 Å². The van der Waals surface area contributed by atoms with Gasteiger partial charge in [0, 0.05) is 19.6 Å². The van der Waals surface area contributed by atoms with Crippen LogP contribution in [-0.2, 0) is 14.8 Å². The molecule has 2 fully saturated rings. The normalized spacial score (nSPS) is 21.5. The Bertz CT molecular complexity index is 1130. The molecule has 2 aromatic heterocycles. The largest absolute Gasteiger partial charge is 0.376 e. The SMILES string of the molecule is O=S(=O)(NCC1CCC2(CCN(c3ncnc4ccsc34)CC2)CO1)c1ccccc1. The molecule has 2 aliphatic rings. The van der Waals surface area contributed by atoms with Gasteiger partial charge in [0.25, 0.3) is 0 Å². The van der Waals surface area contributed by atoms with Gasteiger partial charge in [-0.3, -0.25) is 0 Å². The van der Waals surface area contributed by atoms with Crippen molar-refractivity contribution in [1.82, 2.24) is 14.7 Å². The van der Waals surface area contributed by atoms with Crippen LogP contribution in [0.15, 0.2) is 53.0 Å². The number of benzene rings is 1. The van der Waals surface area contributed by atoms with Crippen molar-refractivity contribution >= 4 is 37.4 Å². The van der Waals surface area contributed by atoms with Crippen LogP contribution in [0.2, 0.25) is 0 Å². The second-order valence-electron chi connectivity index (χ2n) is 8.46. The number of piperidine rings is 1. The van der Waals surface area contributed by atoms with Crippen molar-refractivity contribution in [3.8, 4) is 0 Å². The molecular weight excluding hydrogens is 432 g/mol. The zero-order valence-electron chi connectivity index (χ0n) is 17.2. The Hall–Kier alpha value is -2.07. The van der Waals surface area contributed by atoms with Gasteiger partial charge in [-0.05, 0) is 54.7 Å². The van der Waals surface area contributed by atoms with Gasteiger partial charge in [0.05, 0.1) is 27.8 Å². The number of nitrogens with zero attached hydrogens (tertiary/aromatic N) is 3. The van der Waals surface area contributed by atoms with Crippen molar-refractivity contribution < 1.29 is 13.2 Å². The third-order valence-electron chi connectivity index (χ3n) is 6.52. The van der Waals surface area contributed by atoms with Gasteiger partial charge in [0.1, 0.15) is 12.1 Å². The molecule has 31 heavy (non-hydrogen) atoms. The summed E-state index contributed by atoms with van der Waals surface area (Å²) in [4.78, 5) is 11.6. The Morgan fingerprint density at radius 3 is 2.68 bits per heavy atom. The number of hydrogen-bond donors (Lipinski definition) is 1. The lowest BCUT2D eigenvalue weighted by Crippen LogP contribution is -2.47. The molecule has 2 aliphatic heterocycles. The fourth-order valence-electron chi connectivity index (χ4n) is 4.55. The van der Waals surface area contributed by atoms with Crippen molar-refractivity contribution in [2.45, 2.75) is 36.7 Å². The van der Waals surface area contributed by atoms with Gasteiger partial charge in [0.2, 0.25) is 10.0 Å². The number of anilines is 1. The predicted molar refractivity (Wildman–Crippen MR) is 122 cm³/mol. The van der Waals surface area contributed by atoms with Crippen LogP contribution in [0.25, 0.3) is 10.2 Å². The minimum atomic E-state index is -3.49. The molecule has 0 bridgehead atoms. The molecule has 164 valence electrons. The Kier molecular flexibility index (Phi) is 5.68. The monoisotopic (exact) mass is 458 g/mol. The number of fused-ring (bicyclic) bond motifs is 1. The molecule has 0 amide bonds. The van der Waals surface area contributed by atoms with Crippen LogP contribution in [0, 0.1) is 5.41 Å². The molecule has 9 heteroatoms.